The molecule has 9 heteroatoms. The van der Waals surface area contributed by atoms with E-state index in [4.69, 9.17) is 9.84 Å². The van der Waals surface area contributed by atoms with E-state index in [0.717, 1.165) is 55.0 Å². The number of hydrogen-bond donors (Lipinski definition) is 1. The third-order valence-corrected chi connectivity index (χ3v) is 6.14. The van der Waals surface area contributed by atoms with Gasteiger partial charge in [0.1, 0.15) is 18.2 Å². The van der Waals surface area contributed by atoms with Crippen molar-refractivity contribution in [3.63, 3.8) is 0 Å². The number of hydrogen-bond acceptors (Lipinski definition) is 4. The van der Waals surface area contributed by atoms with Gasteiger partial charge in [-0.25, -0.2) is 13.6 Å². The molecule has 1 N–H and O–H groups in total. The highest BCUT2D eigenvalue weighted by Crippen LogP contribution is 2.30. The summed E-state index contributed by atoms with van der Waals surface area (Å²) < 4.78 is 32.4. The molecule has 0 aliphatic carbocycles. The predicted molar refractivity (Wildman–Crippen MR) is 140 cm³/mol. The number of rotatable bonds is 9. The molecule has 0 aromatic heterocycles. The molecule has 36 heavy (non-hydrogen) atoms. The van der Waals surface area contributed by atoms with Gasteiger partial charge in [0.2, 0.25) is 0 Å². The molecule has 1 saturated heterocycles. The van der Waals surface area contributed by atoms with Crippen LogP contribution in [0.2, 0.25) is 0 Å². The van der Waals surface area contributed by atoms with E-state index in [1.807, 2.05) is 24.3 Å². The summed E-state index contributed by atoms with van der Waals surface area (Å²) >= 11 is 0. The maximum absolute atomic E-state index is 13.5. The zero-order chi connectivity index (χ0) is 23.9. The number of carbonyl (C=O) groups is 1. The minimum Gasteiger partial charge on any atom is -0.480 e. The number of carboxylic acid groups (broad SMARTS) is 1. The minimum absolute atomic E-state index is 0. The molecular formula is C27H30Cl2F2N2O3. The van der Waals surface area contributed by atoms with Crippen molar-refractivity contribution in [1.82, 2.24) is 9.80 Å². The van der Waals surface area contributed by atoms with Gasteiger partial charge in [-0.1, -0.05) is 48.5 Å². The van der Waals surface area contributed by atoms with Crippen molar-refractivity contribution in [1.29, 1.82) is 0 Å². The molecule has 1 fully saturated rings. The highest BCUT2D eigenvalue weighted by atomic mass is 35.5. The van der Waals surface area contributed by atoms with Crippen LogP contribution in [0.1, 0.15) is 28.3 Å². The molecule has 3 aromatic rings. The first-order valence-electron chi connectivity index (χ1n) is 11.3. The van der Waals surface area contributed by atoms with Gasteiger partial charge in [-0.05, 0) is 46.5 Å². The van der Waals surface area contributed by atoms with Crippen LogP contribution in [-0.2, 0) is 22.7 Å². The SMILES string of the molecule is Cl.Cl.O=C(O)COCc1ccccc1CN1CCN(C(c2ccc(F)cc2)c2ccc(F)cc2)CC1. The van der Waals surface area contributed by atoms with Gasteiger partial charge in [0.15, 0.2) is 0 Å². The third kappa shape index (κ3) is 7.98. The van der Waals surface area contributed by atoms with Gasteiger partial charge in [0.05, 0.1) is 12.6 Å². The number of benzene rings is 3. The standard InChI is InChI=1S/C27H28F2N2O3.2ClH/c28-24-9-5-20(6-10-24)27(21-7-11-25(29)12-8-21)31-15-13-30(14-16-31)17-22-3-1-2-4-23(22)18-34-19-26(32)33;;/h1-12,27H,13-19H2,(H,32,33);2*1H. The molecule has 194 valence electrons. The van der Waals surface area contributed by atoms with Crippen LogP contribution in [0.5, 0.6) is 0 Å². The Morgan fingerprint density at radius 3 is 1.81 bits per heavy atom. The number of halogens is 4. The lowest BCUT2D eigenvalue weighted by atomic mass is 9.96. The number of nitrogens with zero attached hydrogens (tertiary/aromatic N) is 2. The van der Waals surface area contributed by atoms with Crippen LogP contribution < -0.4 is 0 Å². The molecule has 1 aliphatic rings. The van der Waals surface area contributed by atoms with Crippen molar-refractivity contribution in [2.75, 3.05) is 32.8 Å². The van der Waals surface area contributed by atoms with Crippen molar-refractivity contribution in [3.8, 4) is 0 Å². The second-order valence-electron chi connectivity index (χ2n) is 8.47. The molecule has 1 heterocycles. The summed E-state index contributed by atoms with van der Waals surface area (Å²) in [4.78, 5) is 15.4. The Morgan fingerprint density at radius 1 is 0.806 bits per heavy atom. The molecule has 0 bridgehead atoms. The van der Waals surface area contributed by atoms with Crippen LogP contribution in [0.3, 0.4) is 0 Å². The Kier molecular flexibility index (Phi) is 11.8. The van der Waals surface area contributed by atoms with Gasteiger partial charge < -0.3 is 9.84 Å². The molecule has 0 atom stereocenters. The van der Waals surface area contributed by atoms with Crippen molar-refractivity contribution < 1.29 is 23.4 Å². The van der Waals surface area contributed by atoms with Crippen LogP contribution >= 0.6 is 24.8 Å². The lowest BCUT2D eigenvalue weighted by Crippen LogP contribution is -2.47. The highest BCUT2D eigenvalue weighted by molar-refractivity contribution is 5.85. The lowest BCUT2D eigenvalue weighted by Gasteiger charge is -2.40. The van der Waals surface area contributed by atoms with Gasteiger partial charge in [0, 0.05) is 32.7 Å². The summed E-state index contributed by atoms with van der Waals surface area (Å²) in [7, 11) is 0. The van der Waals surface area contributed by atoms with E-state index in [-0.39, 0.29) is 55.7 Å². The van der Waals surface area contributed by atoms with Crippen molar-refractivity contribution in [2.45, 2.75) is 19.2 Å². The number of aliphatic carboxylic acids is 1. The van der Waals surface area contributed by atoms with E-state index < -0.39 is 5.97 Å². The quantitative estimate of drug-likeness (QED) is 0.399. The number of carboxylic acids is 1. The zero-order valence-corrected chi connectivity index (χ0v) is 21.3. The largest absolute Gasteiger partial charge is 0.480 e. The third-order valence-electron chi connectivity index (χ3n) is 6.14. The van der Waals surface area contributed by atoms with Gasteiger partial charge in [-0.15, -0.1) is 24.8 Å². The fraction of sp³-hybridized carbons (Fsp3) is 0.296. The number of piperazine rings is 1. The first-order chi connectivity index (χ1) is 16.5. The average Bonchev–Trinajstić information content (AvgIpc) is 2.83. The maximum atomic E-state index is 13.5. The number of ether oxygens (including phenoxy) is 1. The normalized spacial score (nSPS) is 14.2. The first-order valence-corrected chi connectivity index (χ1v) is 11.3. The van der Waals surface area contributed by atoms with Crippen molar-refractivity contribution in [3.05, 3.63) is 107 Å². The van der Waals surface area contributed by atoms with Crippen LogP contribution in [0.4, 0.5) is 8.78 Å². The van der Waals surface area contributed by atoms with Crippen molar-refractivity contribution in [2.24, 2.45) is 0 Å². The van der Waals surface area contributed by atoms with Crippen LogP contribution in [0.15, 0.2) is 72.8 Å². The smallest absolute Gasteiger partial charge is 0.329 e. The molecular weight excluding hydrogens is 509 g/mol. The van der Waals surface area contributed by atoms with Crippen LogP contribution in [0, 0.1) is 11.6 Å². The second kappa shape index (κ2) is 14.3. The predicted octanol–water partition coefficient (Wildman–Crippen LogP) is 5.32. The Labute approximate surface area is 222 Å². The molecule has 0 amide bonds. The first kappa shape index (κ1) is 29.7. The van der Waals surface area contributed by atoms with Crippen LogP contribution in [0.25, 0.3) is 0 Å². The molecule has 3 aromatic carbocycles. The van der Waals surface area contributed by atoms with Gasteiger partial charge >= 0.3 is 5.97 Å². The summed E-state index contributed by atoms with van der Waals surface area (Å²) in [6.07, 6.45) is 0. The Bertz CT molecular complexity index is 1050. The monoisotopic (exact) mass is 538 g/mol. The highest BCUT2D eigenvalue weighted by Gasteiger charge is 2.27. The summed E-state index contributed by atoms with van der Waals surface area (Å²) in [5, 5.41) is 8.81. The van der Waals surface area contributed by atoms with E-state index in [1.54, 1.807) is 24.3 Å². The van der Waals surface area contributed by atoms with Gasteiger partial charge in [-0.2, -0.15) is 0 Å². The Balaban J connectivity index is 0.00000228. The summed E-state index contributed by atoms with van der Waals surface area (Å²) in [5.41, 5.74) is 4.06. The maximum Gasteiger partial charge on any atom is 0.329 e. The molecule has 0 radical (unpaired) electrons. The zero-order valence-electron chi connectivity index (χ0n) is 19.7. The van der Waals surface area contributed by atoms with Gasteiger partial charge in [-0.3, -0.25) is 9.80 Å². The molecule has 0 spiro atoms. The van der Waals surface area contributed by atoms with E-state index in [0.29, 0.717) is 0 Å². The lowest BCUT2D eigenvalue weighted by molar-refractivity contribution is -0.142. The minimum atomic E-state index is -0.981. The van der Waals surface area contributed by atoms with E-state index in [9.17, 15) is 13.6 Å². The molecule has 5 nitrogen and oxygen atoms in total. The molecule has 4 rings (SSSR count). The Morgan fingerprint density at radius 2 is 1.31 bits per heavy atom. The van der Waals surface area contributed by atoms with E-state index in [2.05, 4.69) is 9.80 Å². The second-order valence-corrected chi connectivity index (χ2v) is 8.47. The summed E-state index contributed by atoms with van der Waals surface area (Å²) in [6.45, 7) is 3.97. The molecule has 0 unspecified atom stereocenters. The fourth-order valence-electron chi connectivity index (χ4n) is 4.43. The van der Waals surface area contributed by atoms with E-state index >= 15 is 0 Å². The van der Waals surface area contributed by atoms with Gasteiger partial charge in [0.25, 0.3) is 0 Å². The van der Waals surface area contributed by atoms with E-state index in [1.165, 1.54) is 24.3 Å². The summed E-state index contributed by atoms with van der Waals surface area (Å²) in [5.74, 6) is -1.54. The fourth-order valence-corrected chi connectivity index (χ4v) is 4.43. The molecule has 1 aliphatic heterocycles. The Hall–Kier alpha value is -2.55. The average molecular weight is 539 g/mol. The van der Waals surface area contributed by atoms with Crippen molar-refractivity contribution >= 4 is 30.8 Å². The summed E-state index contributed by atoms with van der Waals surface area (Å²) in [6, 6.07) is 20.9. The topological polar surface area (TPSA) is 53.0 Å². The van der Waals surface area contributed by atoms with Crippen LogP contribution in [-0.4, -0.2) is 53.7 Å². The molecule has 0 saturated carbocycles.